The van der Waals surface area contributed by atoms with Crippen LogP contribution in [0.1, 0.15) is 38.3 Å². The first-order valence-corrected chi connectivity index (χ1v) is 8.16. The average molecular weight is 372 g/mol. The summed E-state index contributed by atoms with van der Waals surface area (Å²) in [5.74, 6) is -0.431. The van der Waals surface area contributed by atoms with E-state index in [1.54, 1.807) is 32.9 Å². The Morgan fingerprint density at radius 3 is 2.38 bits per heavy atom. The Labute approximate surface area is 150 Å². The van der Waals surface area contributed by atoms with Gasteiger partial charge >= 0.3 is 6.18 Å². The number of hydrogen-bond donors (Lipinski definition) is 1. The van der Waals surface area contributed by atoms with E-state index in [0.29, 0.717) is 10.8 Å². The van der Waals surface area contributed by atoms with Crippen LogP contribution < -0.4 is 4.74 Å². The Kier molecular flexibility index (Phi) is 5.11. The molecule has 1 atom stereocenters. The van der Waals surface area contributed by atoms with Crippen molar-refractivity contribution in [3.63, 3.8) is 0 Å². The van der Waals surface area contributed by atoms with E-state index in [-0.39, 0.29) is 0 Å². The van der Waals surface area contributed by atoms with Crippen molar-refractivity contribution in [1.82, 2.24) is 5.01 Å². The molecule has 0 saturated carbocycles. The number of alkyl halides is 3. The SMILES string of the molecule is Cc1ccc(OCC(=O)N2N=C(C(F)(F)F)C[C@@]2(O)C(C)(C)C)cc1C. The smallest absolute Gasteiger partial charge is 0.431 e. The first kappa shape index (κ1) is 20.2. The molecule has 1 N–H and O–H groups in total. The second-order valence-electron chi connectivity index (χ2n) is 7.53. The van der Waals surface area contributed by atoms with Crippen LogP contribution in [0.3, 0.4) is 0 Å². The van der Waals surface area contributed by atoms with Crippen LogP contribution in [0.5, 0.6) is 5.75 Å². The molecule has 1 aromatic carbocycles. The minimum absolute atomic E-state index is 0.417. The summed E-state index contributed by atoms with van der Waals surface area (Å²) < 4.78 is 44.5. The van der Waals surface area contributed by atoms with E-state index in [1.165, 1.54) is 0 Å². The minimum Gasteiger partial charge on any atom is -0.484 e. The van der Waals surface area contributed by atoms with Gasteiger partial charge in [-0.15, -0.1) is 0 Å². The number of halogens is 3. The van der Waals surface area contributed by atoms with Gasteiger partial charge in [-0.1, -0.05) is 26.8 Å². The molecule has 0 fully saturated rings. The van der Waals surface area contributed by atoms with Crippen LogP contribution in [0.15, 0.2) is 23.3 Å². The van der Waals surface area contributed by atoms with Gasteiger partial charge in [0.2, 0.25) is 0 Å². The number of nitrogens with zero attached hydrogens (tertiary/aromatic N) is 2. The molecule has 8 heteroatoms. The summed E-state index contributed by atoms with van der Waals surface area (Å²) >= 11 is 0. The van der Waals surface area contributed by atoms with Crippen molar-refractivity contribution in [3.8, 4) is 5.75 Å². The average Bonchev–Trinajstić information content (AvgIpc) is 2.87. The Hall–Kier alpha value is -2.09. The van der Waals surface area contributed by atoms with Gasteiger partial charge < -0.3 is 9.84 Å². The number of benzene rings is 1. The number of amides is 1. The van der Waals surface area contributed by atoms with Gasteiger partial charge in [0.1, 0.15) is 11.5 Å². The lowest BCUT2D eigenvalue weighted by atomic mass is 9.80. The second-order valence-corrected chi connectivity index (χ2v) is 7.53. The maximum absolute atomic E-state index is 13.1. The Morgan fingerprint density at radius 2 is 1.88 bits per heavy atom. The highest BCUT2D eigenvalue weighted by Gasteiger charge is 2.57. The molecule has 0 saturated heterocycles. The predicted octanol–water partition coefficient (Wildman–Crippen LogP) is 3.57. The molecule has 0 radical (unpaired) electrons. The van der Waals surface area contributed by atoms with E-state index >= 15 is 0 Å². The Bertz CT molecular complexity index is 738. The van der Waals surface area contributed by atoms with Crippen LogP contribution in [0.2, 0.25) is 0 Å². The van der Waals surface area contributed by atoms with E-state index in [9.17, 15) is 23.1 Å². The van der Waals surface area contributed by atoms with Gasteiger partial charge in [0.25, 0.3) is 5.91 Å². The normalized spacial score (nSPS) is 21.0. The third kappa shape index (κ3) is 3.85. The molecule has 1 aromatic rings. The van der Waals surface area contributed by atoms with Crippen molar-refractivity contribution in [3.05, 3.63) is 29.3 Å². The molecular weight excluding hydrogens is 349 g/mol. The number of aryl methyl sites for hydroxylation is 2. The predicted molar refractivity (Wildman–Crippen MR) is 90.8 cm³/mol. The number of rotatable bonds is 3. The molecule has 1 aliphatic heterocycles. The molecule has 1 heterocycles. The molecular formula is C18H23F3N2O3. The highest BCUT2D eigenvalue weighted by atomic mass is 19.4. The highest BCUT2D eigenvalue weighted by Crippen LogP contribution is 2.43. The van der Waals surface area contributed by atoms with E-state index in [1.807, 2.05) is 19.9 Å². The van der Waals surface area contributed by atoms with Gasteiger partial charge in [0, 0.05) is 11.8 Å². The summed E-state index contributed by atoms with van der Waals surface area (Å²) in [5, 5.41) is 14.7. The van der Waals surface area contributed by atoms with Gasteiger partial charge in [-0.3, -0.25) is 4.79 Å². The molecule has 0 aliphatic carbocycles. The fourth-order valence-corrected chi connectivity index (χ4v) is 2.56. The fourth-order valence-electron chi connectivity index (χ4n) is 2.56. The number of ether oxygens (including phenoxy) is 1. The molecule has 0 aromatic heterocycles. The molecule has 26 heavy (non-hydrogen) atoms. The Morgan fingerprint density at radius 1 is 1.27 bits per heavy atom. The molecule has 144 valence electrons. The molecule has 0 spiro atoms. The van der Waals surface area contributed by atoms with Crippen molar-refractivity contribution < 1.29 is 27.8 Å². The van der Waals surface area contributed by atoms with Crippen LogP contribution in [0.4, 0.5) is 13.2 Å². The molecule has 5 nitrogen and oxygen atoms in total. The lowest BCUT2D eigenvalue weighted by Gasteiger charge is -2.41. The number of hydrazone groups is 1. The summed E-state index contributed by atoms with van der Waals surface area (Å²) in [6.45, 7) is 7.91. The summed E-state index contributed by atoms with van der Waals surface area (Å²) in [7, 11) is 0. The van der Waals surface area contributed by atoms with Gasteiger partial charge in [-0.25, -0.2) is 0 Å². The molecule has 2 rings (SSSR count). The van der Waals surface area contributed by atoms with Crippen molar-refractivity contribution >= 4 is 11.6 Å². The van der Waals surface area contributed by atoms with E-state index in [2.05, 4.69) is 5.10 Å². The summed E-state index contributed by atoms with van der Waals surface area (Å²) in [6, 6.07) is 5.21. The third-order valence-electron chi connectivity index (χ3n) is 4.59. The summed E-state index contributed by atoms with van der Waals surface area (Å²) in [6.07, 6.45) is -5.50. The number of aliphatic hydroxyl groups is 1. The van der Waals surface area contributed by atoms with E-state index in [4.69, 9.17) is 4.74 Å². The first-order chi connectivity index (χ1) is 11.8. The molecule has 0 unspecified atom stereocenters. The zero-order valence-electron chi connectivity index (χ0n) is 15.4. The number of carbonyl (C=O) groups is 1. The monoisotopic (exact) mass is 372 g/mol. The highest BCUT2D eigenvalue weighted by molar-refractivity contribution is 5.94. The summed E-state index contributed by atoms with van der Waals surface area (Å²) in [4.78, 5) is 12.5. The maximum atomic E-state index is 13.1. The largest absolute Gasteiger partial charge is 0.484 e. The van der Waals surface area contributed by atoms with E-state index < -0.39 is 42.0 Å². The number of carbonyl (C=O) groups excluding carboxylic acids is 1. The van der Waals surface area contributed by atoms with Gasteiger partial charge in [0.05, 0.1) is 0 Å². The Balaban J connectivity index is 2.22. The van der Waals surface area contributed by atoms with Crippen LogP contribution in [-0.4, -0.2) is 40.2 Å². The topological polar surface area (TPSA) is 62.1 Å². The van der Waals surface area contributed by atoms with Gasteiger partial charge in [0.15, 0.2) is 12.3 Å². The number of hydrogen-bond acceptors (Lipinski definition) is 4. The van der Waals surface area contributed by atoms with Gasteiger partial charge in [-0.2, -0.15) is 23.3 Å². The van der Waals surface area contributed by atoms with Crippen LogP contribution in [-0.2, 0) is 4.79 Å². The zero-order valence-corrected chi connectivity index (χ0v) is 15.4. The second kappa shape index (κ2) is 6.57. The maximum Gasteiger partial charge on any atom is 0.431 e. The third-order valence-corrected chi connectivity index (χ3v) is 4.59. The van der Waals surface area contributed by atoms with Crippen molar-refractivity contribution in [2.45, 2.75) is 52.9 Å². The quantitative estimate of drug-likeness (QED) is 0.882. The molecule has 0 bridgehead atoms. The fraction of sp³-hybridized carbons (Fsp3) is 0.556. The van der Waals surface area contributed by atoms with Crippen molar-refractivity contribution in [1.29, 1.82) is 0 Å². The minimum atomic E-state index is -4.72. The van der Waals surface area contributed by atoms with Crippen LogP contribution in [0.25, 0.3) is 0 Å². The van der Waals surface area contributed by atoms with Crippen molar-refractivity contribution in [2.24, 2.45) is 10.5 Å². The first-order valence-electron chi connectivity index (χ1n) is 8.16. The van der Waals surface area contributed by atoms with Crippen LogP contribution >= 0.6 is 0 Å². The van der Waals surface area contributed by atoms with E-state index in [0.717, 1.165) is 11.1 Å². The lowest BCUT2D eigenvalue weighted by Crippen LogP contribution is -2.56. The van der Waals surface area contributed by atoms with Crippen LogP contribution in [0, 0.1) is 19.3 Å². The molecule has 1 amide bonds. The van der Waals surface area contributed by atoms with Crippen molar-refractivity contribution in [2.75, 3.05) is 6.61 Å². The summed E-state index contributed by atoms with van der Waals surface area (Å²) in [5.41, 5.74) is -2.31. The molecule has 1 aliphatic rings. The standard InChI is InChI=1S/C18H23F3N2O3/c1-11-6-7-13(8-12(11)2)26-10-15(24)23-17(25,16(3,4)5)9-14(22-23)18(19,20)21/h6-8,25H,9-10H2,1-5H3/t17-/m1/s1. The van der Waals surface area contributed by atoms with Gasteiger partial charge in [-0.05, 0) is 37.1 Å². The lowest BCUT2D eigenvalue weighted by molar-refractivity contribution is -0.183. The zero-order chi connectivity index (χ0) is 19.9.